The Labute approximate surface area is 209 Å². The number of nitrogens with two attached hydrogens (primary N) is 1. The lowest BCUT2D eigenvalue weighted by Crippen LogP contribution is -2.29. The monoisotopic (exact) mass is 611 g/mol. The molecule has 22 heteroatoms. The second-order valence-corrected chi connectivity index (χ2v) is 14.7. The Balaban J connectivity index is 2.06. The van der Waals surface area contributed by atoms with Gasteiger partial charge in [-0.15, -0.1) is 0 Å². The highest BCUT2D eigenvalue weighted by atomic mass is 31.3. The van der Waals surface area contributed by atoms with E-state index in [1.165, 1.54) is 12.9 Å². The van der Waals surface area contributed by atoms with Crippen molar-refractivity contribution in [3.63, 3.8) is 0 Å². The summed E-state index contributed by atoms with van der Waals surface area (Å²) in [5.41, 5.74) is 4.96. The van der Waals surface area contributed by atoms with Crippen molar-refractivity contribution in [2.45, 2.75) is 37.7 Å². The number of hydrogen-bond acceptors (Lipinski definition) is 12. The summed E-state index contributed by atoms with van der Waals surface area (Å²) >= 11 is 0. The number of phosphoric ester groups is 1. The minimum absolute atomic E-state index is 0.0739. The van der Waals surface area contributed by atoms with E-state index in [1.807, 2.05) is 0 Å². The Morgan fingerprint density at radius 1 is 1.16 bits per heavy atom. The average Bonchev–Trinajstić information content (AvgIpc) is 3.04. The first-order valence-corrected chi connectivity index (χ1v) is 16.9. The van der Waals surface area contributed by atoms with Gasteiger partial charge in [0, 0.05) is 31.9 Å². The maximum absolute atomic E-state index is 12.3. The van der Waals surface area contributed by atoms with Crippen LogP contribution in [0.5, 0.6) is 0 Å². The predicted molar refractivity (Wildman–Crippen MR) is 124 cm³/mol. The van der Waals surface area contributed by atoms with Crippen LogP contribution < -0.4 is 11.4 Å². The molecule has 0 radical (unpaired) electrons. The molecule has 18 nitrogen and oxygen atoms in total. The highest BCUT2D eigenvalue weighted by Crippen LogP contribution is 2.66. The van der Waals surface area contributed by atoms with E-state index in [9.17, 15) is 37.9 Å². The number of rotatable bonds is 11. The molecule has 1 fully saturated rings. The number of unbranched alkanes of at least 4 members (excludes halogenated alkanes) is 1. The number of aliphatic hydroxyl groups is 1. The Morgan fingerprint density at radius 2 is 1.81 bits per heavy atom. The maximum Gasteiger partial charge on any atom is 0.490 e. The maximum atomic E-state index is 12.3. The van der Waals surface area contributed by atoms with E-state index < -0.39 is 61.6 Å². The van der Waals surface area contributed by atoms with Crippen molar-refractivity contribution in [3.8, 4) is 11.8 Å². The highest BCUT2D eigenvalue weighted by molar-refractivity contribution is 7.66. The van der Waals surface area contributed by atoms with Crippen molar-refractivity contribution in [2.75, 3.05) is 25.2 Å². The molecule has 0 bridgehead atoms. The minimum Gasteiger partial charge on any atom is -0.390 e. The molecule has 37 heavy (non-hydrogen) atoms. The molecule has 1 aliphatic heterocycles. The van der Waals surface area contributed by atoms with Crippen LogP contribution in [0.3, 0.4) is 0 Å². The first-order valence-electron chi connectivity index (χ1n) is 10.1. The lowest BCUT2D eigenvalue weighted by atomic mass is 10.2. The Morgan fingerprint density at radius 3 is 2.41 bits per heavy atom. The van der Waals surface area contributed by atoms with Crippen LogP contribution in [-0.4, -0.2) is 70.8 Å². The Hall–Kier alpha value is -1.24. The van der Waals surface area contributed by atoms with E-state index in [0.29, 0.717) is 6.42 Å². The SMILES string of the molecule is CP(=O)(O)CCCC#Cc1cn(C2CC(O)C(COP(=O)(O)OP(=O)(O)OP(=O)(O)O)O2)c(=O)nc1N. The largest absolute Gasteiger partial charge is 0.490 e. The molecule has 2 rings (SSSR count). The summed E-state index contributed by atoms with van der Waals surface area (Å²) in [6.45, 7) is 0.308. The van der Waals surface area contributed by atoms with Crippen LogP contribution in [0.25, 0.3) is 0 Å². The second kappa shape index (κ2) is 12.3. The standard InChI is InChI=1S/C15H25N3O15P4/c1-34(21,22)6-4-2-3-5-10-8-18(15(20)17-14(10)16)13-7-11(19)12(31-13)9-30-36(26,27)33-37(28,29)32-35(23,24)25/h8,11-13,19H,2,4,6-7,9H2,1H3,(H,21,22)(H,26,27)(H,28,29)(H2,16,17,20)(H2,23,24,25). The van der Waals surface area contributed by atoms with Crippen LogP contribution in [0, 0.1) is 11.8 Å². The topological polar surface area (TPSA) is 287 Å². The molecule has 1 aliphatic rings. The smallest absolute Gasteiger partial charge is 0.390 e. The zero-order chi connectivity index (χ0) is 28.2. The van der Waals surface area contributed by atoms with E-state index in [0.717, 1.165) is 4.57 Å². The molecule has 0 saturated carbocycles. The van der Waals surface area contributed by atoms with E-state index in [4.69, 9.17) is 25.2 Å². The van der Waals surface area contributed by atoms with Crippen molar-refractivity contribution in [2.24, 2.45) is 0 Å². The van der Waals surface area contributed by atoms with E-state index in [2.05, 4.69) is 30.0 Å². The van der Waals surface area contributed by atoms with Crippen LogP contribution in [0.1, 0.15) is 31.1 Å². The zero-order valence-electron chi connectivity index (χ0n) is 19.0. The molecule has 0 aromatic carbocycles. The van der Waals surface area contributed by atoms with Crippen LogP contribution in [0.15, 0.2) is 11.0 Å². The number of aliphatic hydroxyl groups excluding tert-OH is 1. The summed E-state index contributed by atoms with van der Waals surface area (Å²) in [6.07, 6.45) is -2.24. The number of anilines is 1. The molecule has 2 heterocycles. The van der Waals surface area contributed by atoms with Gasteiger partial charge in [0.25, 0.3) is 0 Å². The molecule has 0 amide bonds. The summed E-state index contributed by atoms with van der Waals surface area (Å²) in [6, 6.07) is 0. The van der Waals surface area contributed by atoms with Crippen molar-refractivity contribution in [3.05, 3.63) is 22.2 Å². The van der Waals surface area contributed by atoms with Crippen LogP contribution >= 0.6 is 30.8 Å². The fourth-order valence-corrected chi connectivity index (χ4v) is 6.68. The Bertz CT molecular complexity index is 1290. The van der Waals surface area contributed by atoms with Gasteiger partial charge in [-0.2, -0.15) is 13.6 Å². The van der Waals surface area contributed by atoms with Gasteiger partial charge < -0.3 is 40.0 Å². The van der Waals surface area contributed by atoms with Gasteiger partial charge in [-0.05, 0) is 6.42 Å². The molecule has 1 aromatic heterocycles. The van der Waals surface area contributed by atoms with Crippen LogP contribution in [0.2, 0.25) is 0 Å². The fourth-order valence-electron chi connectivity index (χ4n) is 2.91. The van der Waals surface area contributed by atoms with Crippen molar-refractivity contribution in [1.29, 1.82) is 0 Å². The molecular formula is C15H25N3O15P4. The van der Waals surface area contributed by atoms with Crippen molar-refractivity contribution in [1.82, 2.24) is 9.55 Å². The molecule has 8 N–H and O–H groups in total. The third kappa shape index (κ3) is 11.2. The van der Waals surface area contributed by atoms with Gasteiger partial charge in [0.2, 0.25) is 0 Å². The summed E-state index contributed by atoms with van der Waals surface area (Å²) < 4.78 is 63.2. The van der Waals surface area contributed by atoms with Gasteiger partial charge >= 0.3 is 29.2 Å². The summed E-state index contributed by atoms with van der Waals surface area (Å²) in [5, 5.41) is 10.2. The highest BCUT2D eigenvalue weighted by Gasteiger charge is 2.43. The number of phosphoric acid groups is 3. The number of hydrogen-bond donors (Lipinski definition) is 7. The fraction of sp³-hybridized carbons (Fsp3) is 0.600. The number of nitrogen functional groups attached to an aromatic ring is 1. The number of ether oxygens (including phenoxy) is 1. The van der Waals surface area contributed by atoms with Gasteiger partial charge in [-0.25, -0.2) is 18.5 Å². The van der Waals surface area contributed by atoms with Gasteiger partial charge in [-0.3, -0.25) is 13.7 Å². The normalized spacial score (nSPS) is 24.9. The van der Waals surface area contributed by atoms with Gasteiger partial charge in [-0.1, -0.05) is 11.8 Å². The summed E-state index contributed by atoms with van der Waals surface area (Å²) in [5.74, 6) is 5.22. The number of nitrogens with zero attached hydrogens (tertiary/aromatic N) is 2. The quantitative estimate of drug-likeness (QED) is 0.0972. The van der Waals surface area contributed by atoms with E-state index in [1.54, 1.807) is 0 Å². The molecule has 6 unspecified atom stereocenters. The van der Waals surface area contributed by atoms with Gasteiger partial charge in [0.1, 0.15) is 18.1 Å². The first kappa shape index (κ1) is 32.0. The minimum atomic E-state index is -5.72. The number of aromatic nitrogens is 2. The van der Waals surface area contributed by atoms with Crippen LogP contribution in [0.4, 0.5) is 5.82 Å². The third-order valence-electron chi connectivity index (χ3n) is 4.41. The van der Waals surface area contributed by atoms with E-state index >= 15 is 0 Å². The van der Waals surface area contributed by atoms with Crippen molar-refractivity contribution < 1.29 is 65.7 Å². The summed E-state index contributed by atoms with van der Waals surface area (Å²) in [4.78, 5) is 61.0. The second-order valence-electron chi connectivity index (χ2n) is 7.73. The molecule has 0 spiro atoms. The van der Waals surface area contributed by atoms with E-state index in [-0.39, 0.29) is 30.4 Å². The lowest BCUT2D eigenvalue weighted by molar-refractivity contribution is -0.0449. The zero-order valence-corrected chi connectivity index (χ0v) is 22.5. The van der Waals surface area contributed by atoms with Gasteiger partial charge in [0.05, 0.1) is 18.3 Å². The predicted octanol–water partition coefficient (Wildman–Crippen LogP) is -0.151. The first-order chi connectivity index (χ1) is 16.8. The Kier molecular flexibility index (Phi) is 10.6. The average molecular weight is 611 g/mol. The molecule has 0 aliphatic carbocycles. The van der Waals surface area contributed by atoms with Gasteiger partial charge in [0.15, 0.2) is 7.37 Å². The van der Waals surface area contributed by atoms with Crippen molar-refractivity contribution >= 4 is 36.7 Å². The molecular weight excluding hydrogens is 586 g/mol. The molecule has 6 atom stereocenters. The molecule has 1 aromatic rings. The molecule has 210 valence electrons. The van der Waals surface area contributed by atoms with Crippen LogP contribution in [-0.2, 0) is 36.1 Å². The third-order valence-corrected chi connectivity index (χ3v) is 9.36. The summed E-state index contributed by atoms with van der Waals surface area (Å²) in [7, 11) is -19.9. The molecule has 1 saturated heterocycles. The lowest BCUT2D eigenvalue weighted by Gasteiger charge is -2.19.